The Hall–Kier alpha value is -2.73. The number of ether oxygens (including phenoxy) is 3. The number of carbonyl (C=O) groups excluding carboxylic acids is 2. The van der Waals surface area contributed by atoms with Crippen LogP contribution in [0, 0.1) is 0 Å². The Balaban J connectivity index is 2.13. The fourth-order valence-electron chi connectivity index (χ4n) is 2.63. The average molecular weight is 406 g/mol. The molecule has 2 rings (SSSR count). The van der Waals surface area contributed by atoms with Crippen LogP contribution in [0.1, 0.15) is 36.7 Å². The molecule has 0 saturated heterocycles. The van der Waals surface area contributed by atoms with Gasteiger partial charge in [-0.3, -0.25) is 4.79 Å². The Labute approximate surface area is 169 Å². The lowest BCUT2D eigenvalue weighted by Crippen LogP contribution is -2.22. The normalized spacial score (nSPS) is 10.9. The van der Waals surface area contributed by atoms with E-state index in [9.17, 15) is 9.59 Å². The predicted molar refractivity (Wildman–Crippen MR) is 109 cm³/mol. The zero-order valence-electron chi connectivity index (χ0n) is 16.6. The van der Waals surface area contributed by atoms with Gasteiger partial charge in [-0.1, -0.05) is 50.6 Å². The third-order valence-corrected chi connectivity index (χ3v) is 4.34. The highest BCUT2D eigenvalue weighted by atomic mass is 35.5. The molecule has 0 atom stereocenters. The summed E-state index contributed by atoms with van der Waals surface area (Å²) in [4.78, 5) is 24.1. The van der Waals surface area contributed by atoms with Crippen molar-refractivity contribution in [3.05, 3.63) is 52.5 Å². The minimum absolute atomic E-state index is 0.118. The first-order chi connectivity index (χ1) is 13.2. The SMILES string of the molecule is COC(=O)c1cc(Cl)c(NC(=O)COc2ccccc2C(C)(C)C)cc1OC. The standard InChI is InChI=1S/C21H24ClNO5/c1-21(2,3)14-8-6-7-9-17(14)28-12-19(24)23-16-11-18(26-4)13(10-15(16)22)20(25)27-5/h6-11H,12H2,1-5H3,(H,23,24). The van der Waals surface area contributed by atoms with Crippen molar-refractivity contribution in [1.82, 2.24) is 0 Å². The molecule has 6 nitrogen and oxygen atoms in total. The monoisotopic (exact) mass is 405 g/mol. The van der Waals surface area contributed by atoms with Gasteiger partial charge in [0.2, 0.25) is 0 Å². The average Bonchev–Trinajstić information content (AvgIpc) is 2.66. The molecule has 0 radical (unpaired) electrons. The van der Waals surface area contributed by atoms with Crippen molar-refractivity contribution < 1.29 is 23.8 Å². The van der Waals surface area contributed by atoms with Gasteiger partial charge >= 0.3 is 5.97 Å². The highest BCUT2D eigenvalue weighted by molar-refractivity contribution is 6.34. The number of para-hydroxylation sites is 1. The van der Waals surface area contributed by atoms with Gasteiger partial charge in [0.05, 0.1) is 24.9 Å². The van der Waals surface area contributed by atoms with E-state index in [1.54, 1.807) is 0 Å². The lowest BCUT2D eigenvalue weighted by Gasteiger charge is -2.22. The predicted octanol–water partition coefficient (Wildman–Crippen LogP) is 4.45. The summed E-state index contributed by atoms with van der Waals surface area (Å²) in [5, 5.41) is 2.85. The number of hydrogen-bond acceptors (Lipinski definition) is 5. The molecule has 1 amide bonds. The number of halogens is 1. The van der Waals surface area contributed by atoms with Gasteiger partial charge in [-0.2, -0.15) is 0 Å². The van der Waals surface area contributed by atoms with Crippen LogP contribution in [0.2, 0.25) is 5.02 Å². The van der Waals surface area contributed by atoms with Crippen LogP contribution >= 0.6 is 11.6 Å². The molecule has 0 aromatic heterocycles. The summed E-state index contributed by atoms with van der Waals surface area (Å²) >= 11 is 6.19. The first-order valence-electron chi connectivity index (χ1n) is 8.65. The number of carbonyl (C=O) groups is 2. The summed E-state index contributed by atoms with van der Waals surface area (Å²) in [5.74, 6) is -0.0855. The second-order valence-corrected chi connectivity index (χ2v) is 7.51. The Morgan fingerprint density at radius 3 is 2.36 bits per heavy atom. The molecule has 0 aliphatic rings. The van der Waals surface area contributed by atoms with Crippen LogP contribution in [0.4, 0.5) is 5.69 Å². The first kappa shape index (κ1) is 21.6. The fourth-order valence-corrected chi connectivity index (χ4v) is 2.84. The maximum Gasteiger partial charge on any atom is 0.341 e. The molecule has 0 aliphatic carbocycles. The molecule has 2 aromatic rings. The Morgan fingerprint density at radius 1 is 1.07 bits per heavy atom. The largest absolute Gasteiger partial charge is 0.496 e. The van der Waals surface area contributed by atoms with E-state index in [1.807, 2.05) is 24.3 Å². The van der Waals surface area contributed by atoms with Crippen LogP contribution in [0.25, 0.3) is 0 Å². The van der Waals surface area contributed by atoms with Crippen molar-refractivity contribution in [2.45, 2.75) is 26.2 Å². The van der Waals surface area contributed by atoms with E-state index in [-0.39, 0.29) is 28.4 Å². The summed E-state index contributed by atoms with van der Waals surface area (Å²) in [5.41, 5.74) is 1.37. The Kier molecular flexibility index (Phi) is 6.91. The molecule has 2 aromatic carbocycles. The van der Waals surface area contributed by atoms with Crippen LogP contribution in [0.3, 0.4) is 0 Å². The molecular formula is C21H24ClNO5. The third kappa shape index (κ3) is 5.16. The van der Waals surface area contributed by atoms with E-state index in [0.717, 1.165) is 5.56 Å². The smallest absolute Gasteiger partial charge is 0.341 e. The van der Waals surface area contributed by atoms with Gasteiger partial charge in [-0.25, -0.2) is 4.79 Å². The van der Waals surface area contributed by atoms with E-state index in [1.165, 1.54) is 26.4 Å². The number of anilines is 1. The molecule has 0 aliphatic heterocycles. The zero-order valence-corrected chi connectivity index (χ0v) is 17.3. The molecule has 1 N–H and O–H groups in total. The van der Waals surface area contributed by atoms with Crippen molar-refractivity contribution in [3.63, 3.8) is 0 Å². The van der Waals surface area contributed by atoms with Crippen molar-refractivity contribution in [3.8, 4) is 11.5 Å². The molecule has 0 bridgehead atoms. The van der Waals surface area contributed by atoms with Crippen molar-refractivity contribution in [2.75, 3.05) is 26.1 Å². The van der Waals surface area contributed by atoms with Gasteiger partial charge in [0.25, 0.3) is 5.91 Å². The molecular weight excluding hydrogens is 382 g/mol. The van der Waals surface area contributed by atoms with Gasteiger partial charge in [0.1, 0.15) is 17.1 Å². The maximum atomic E-state index is 12.3. The maximum absolute atomic E-state index is 12.3. The number of amides is 1. The summed E-state index contributed by atoms with van der Waals surface area (Å²) in [6.07, 6.45) is 0. The van der Waals surface area contributed by atoms with Crippen LogP contribution in [-0.4, -0.2) is 32.7 Å². The lowest BCUT2D eigenvalue weighted by atomic mass is 9.86. The van der Waals surface area contributed by atoms with Crippen LogP contribution in [0.5, 0.6) is 11.5 Å². The third-order valence-electron chi connectivity index (χ3n) is 4.02. The molecule has 0 spiro atoms. The molecule has 0 saturated carbocycles. The van der Waals surface area contributed by atoms with Gasteiger partial charge < -0.3 is 19.5 Å². The van der Waals surface area contributed by atoms with Crippen LogP contribution in [-0.2, 0) is 14.9 Å². The van der Waals surface area contributed by atoms with Gasteiger partial charge in [0, 0.05) is 6.07 Å². The lowest BCUT2D eigenvalue weighted by molar-refractivity contribution is -0.118. The topological polar surface area (TPSA) is 73.9 Å². The van der Waals surface area contributed by atoms with Gasteiger partial charge in [-0.05, 0) is 23.1 Å². The number of hydrogen-bond donors (Lipinski definition) is 1. The molecule has 7 heteroatoms. The highest BCUT2D eigenvalue weighted by Crippen LogP contribution is 2.32. The van der Waals surface area contributed by atoms with E-state index in [2.05, 4.69) is 26.1 Å². The number of methoxy groups -OCH3 is 2. The van der Waals surface area contributed by atoms with Crippen LogP contribution < -0.4 is 14.8 Å². The van der Waals surface area contributed by atoms with Crippen LogP contribution in [0.15, 0.2) is 36.4 Å². The summed E-state index contributed by atoms with van der Waals surface area (Å²) in [7, 11) is 2.67. The minimum Gasteiger partial charge on any atom is -0.496 e. The van der Waals surface area contributed by atoms with E-state index < -0.39 is 11.9 Å². The van der Waals surface area contributed by atoms with E-state index in [0.29, 0.717) is 11.4 Å². The summed E-state index contributed by atoms with van der Waals surface area (Å²) in [6.45, 7) is 6.03. The number of benzene rings is 2. The summed E-state index contributed by atoms with van der Waals surface area (Å²) < 4.78 is 15.6. The Morgan fingerprint density at radius 2 is 1.75 bits per heavy atom. The molecule has 0 unspecified atom stereocenters. The quantitative estimate of drug-likeness (QED) is 0.718. The minimum atomic E-state index is -0.584. The number of rotatable bonds is 6. The van der Waals surface area contributed by atoms with Crippen molar-refractivity contribution in [2.24, 2.45) is 0 Å². The number of nitrogens with one attached hydrogen (secondary N) is 1. The van der Waals surface area contributed by atoms with Crippen molar-refractivity contribution >= 4 is 29.2 Å². The van der Waals surface area contributed by atoms with Gasteiger partial charge in [-0.15, -0.1) is 0 Å². The Bertz CT molecular complexity index is 874. The highest BCUT2D eigenvalue weighted by Gasteiger charge is 2.20. The first-order valence-corrected chi connectivity index (χ1v) is 9.03. The molecule has 0 fully saturated rings. The summed E-state index contributed by atoms with van der Waals surface area (Å²) in [6, 6.07) is 10.4. The second-order valence-electron chi connectivity index (χ2n) is 7.11. The van der Waals surface area contributed by atoms with Gasteiger partial charge in [0.15, 0.2) is 6.61 Å². The van der Waals surface area contributed by atoms with E-state index >= 15 is 0 Å². The molecule has 150 valence electrons. The van der Waals surface area contributed by atoms with Crippen molar-refractivity contribution in [1.29, 1.82) is 0 Å². The zero-order chi connectivity index (χ0) is 20.9. The number of esters is 1. The second kappa shape index (κ2) is 8.97. The van der Waals surface area contributed by atoms with E-state index in [4.69, 9.17) is 25.8 Å². The molecule has 0 heterocycles. The fraction of sp³-hybridized carbons (Fsp3) is 0.333. The molecule has 28 heavy (non-hydrogen) atoms.